The zero-order valence-corrected chi connectivity index (χ0v) is 18.0. The van der Waals surface area contributed by atoms with Crippen molar-refractivity contribution < 1.29 is 23.8 Å². The molecular weight excluding hydrogens is 465 g/mol. The van der Waals surface area contributed by atoms with Gasteiger partial charge in [0, 0.05) is 5.56 Å². The van der Waals surface area contributed by atoms with Gasteiger partial charge < -0.3 is 14.6 Å². The molecule has 0 aliphatic heterocycles. The normalized spacial score (nSPS) is 11.0. The average molecular weight is 482 g/mol. The summed E-state index contributed by atoms with van der Waals surface area (Å²) in [5, 5.41) is 18.6. The summed E-state index contributed by atoms with van der Waals surface area (Å²) >= 11 is 3.45. The van der Waals surface area contributed by atoms with Crippen molar-refractivity contribution in [3.05, 3.63) is 93.2 Å². The Bertz CT molecular complexity index is 1200. The molecule has 0 radical (unpaired) electrons. The third-order valence-corrected chi connectivity index (χ3v) is 4.99. The second-order valence-corrected chi connectivity index (χ2v) is 7.33. The van der Waals surface area contributed by atoms with E-state index in [2.05, 4.69) is 15.9 Å². The molecule has 3 rings (SSSR count). The lowest BCUT2D eigenvalue weighted by Crippen LogP contribution is -2.02. The van der Waals surface area contributed by atoms with Gasteiger partial charge in [-0.15, -0.1) is 0 Å². The van der Waals surface area contributed by atoms with Crippen LogP contribution in [0, 0.1) is 17.1 Å². The standard InChI is InChI=1S/C24H17BrFNO4/c1-30-22-12-16(10-18(13-27)19-7-2-3-8-21(19)26)11-20(25)23(22)31-14-15-5-4-6-17(9-15)24(28)29/h2-12H,14H2,1H3,(H,28,29)/b18-10-. The van der Waals surface area contributed by atoms with Gasteiger partial charge in [-0.05, 0) is 63.5 Å². The van der Waals surface area contributed by atoms with E-state index in [1.165, 1.54) is 25.3 Å². The van der Waals surface area contributed by atoms with E-state index >= 15 is 0 Å². The summed E-state index contributed by atoms with van der Waals surface area (Å²) in [5.41, 5.74) is 1.85. The third-order valence-electron chi connectivity index (χ3n) is 4.40. The Hall–Kier alpha value is -3.63. The first-order valence-corrected chi connectivity index (χ1v) is 9.91. The number of hydrogen-bond acceptors (Lipinski definition) is 4. The molecule has 0 amide bonds. The lowest BCUT2D eigenvalue weighted by atomic mass is 10.0. The van der Waals surface area contributed by atoms with E-state index in [0.29, 0.717) is 27.1 Å². The van der Waals surface area contributed by atoms with Crippen LogP contribution < -0.4 is 9.47 Å². The first-order chi connectivity index (χ1) is 14.9. The molecule has 5 nitrogen and oxygen atoms in total. The Morgan fingerprint density at radius 3 is 2.65 bits per heavy atom. The number of allylic oxidation sites excluding steroid dienone is 1. The van der Waals surface area contributed by atoms with E-state index in [0.717, 1.165) is 0 Å². The maximum atomic E-state index is 14.1. The van der Waals surface area contributed by atoms with E-state index in [9.17, 15) is 14.4 Å². The van der Waals surface area contributed by atoms with Gasteiger partial charge in [-0.3, -0.25) is 0 Å². The second kappa shape index (κ2) is 9.92. The van der Waals surface area contributed by atoms with Crippen LogP contribution in [0.3, 0.4) is 0 Å². The van der Waals surface area contributed by atoms with Gasteiger partial charge >= 0.3 is 5.97 Å². The van der Waals surface area contributed by atoms with Gasteiger partial charge in [-0.1, -0.05) is 30.3 Å². The Labute approximate surface area is 187 Å². The molecule has 7 heteroatoms. The number of ether oxygens (including phenoxy) is 2. The van der Waals surface area contributed by atoms with E-state index in [1.54, 1.807) is 48.5 Å². The van der Waals surface area contributed by atoms with Crippen molar-refractivity contribution in [2.24, 2.45) is 0 Å². The lowest BCUT2D eigenvalue weighted by Gasteiger charge is -2.14. The summed E-state index contributed by atoms with van der Waals surface area (Å²) in [6.07, 6.45) is 1.56. The predicted molar refractivity (Wildman–Crippen MR) is 118 cm³/mol. The van der Waals surface area contributed by atoms with Crippen molar-refractivity contribution in [1.29, 1.82) is 5.26 Å². The van der Waals surface area contributed by atoms with Crippen LogP contribution in [0.25, 0.3) is 11.6 Å². The van der Waals surface area contributed by atoms with E-state index in [-0.39, 0.29) is 23.3 Å². The number of halogens is 2. The summed E-state index contributed by atoms with van der Waals surface area (Å²) in [7, 11) is 1.48. The second-order valence-electron chi connectivity index (χ2n) is 6.48. The van der Waals surface area contributed by atoms with Crippen molar-refractivity contribution >= 4 is 33.5 Å². The number of carboxylic acid groups (broad SMARTS) is 1. The molecule has 3 aromatic rings. The number of benzene rings is 3. The fourth-order valence-corrected chi connectivity index (χ4v) is 3.50. The molecule has 3 aromatic carbocycles. The van der Waals surface area contributed by atoms with Crippen molar-refractivity contribution in [3.63, 3.8) is 0 Å². The molecule has 0 unspecified atom stereocenters. The van der Waals surface area contributed by atoms with Gasteiger partial charge in [0.2, 0.25) is 0 Å². The fraction of sp³-hybridized carbons (Fsp3) is 0.0833. The van der Waals surface area contributed by atoms with Crippen molar-refractivity contribution in [2.75, 3.05) is 7.11 Å². The summed E-state index contributed by atoms with van der Waals surface area (Å²) < 4.78 is 25.9. The summed E-state index contributed by atoms with van der Waals surface area (Å²) in [5.74, 6) is -0.671. The highest BCUT2D eigenvalue weighted by Gasteiger charge is 2.14. The molecule has 1 N–H and O–H groups in total. The predicted octanol–water partition coefficient (Wildman–Crippen LogP) is 5.94. The Kier molecular flexibility index (Phi) is 7.06. The maximum absolute atomic E-state index is 14.1. The molecule has 0 aromatic heterocycles. The summed E-state index contributed by atoms with van der Waals surface area (Å²) in [6.45, 7) is 0.129. The molecule has 0 saturated heterocycles. The number of hydrogen-bond donors (Lipinski definition) is 1. The number of carboxylic acids is 1. The minimum atomic E-state index is -1.01. The molecule has 0 bridgehead atoms. The van der Waals surface area contributed by atoms with Crippen LogP contribution in [0.15, 0.2) is 65.1 Å². The monoisotopic (exact) mass is 481 g/mol. The summed E-state index contributed by atoms with van der Waals surface area (Å²) in [4.78, 5) is 11.1. The fourth-order valence-electron chi connectivity index (χ4n) is 2.93. The maximum Gasteiger partial charge on any atom is 0.335 e. The molecule has 0 aliphatic carbocycles. The smallest absolute Gasteiger partial charge is 0.335 e. The molecular formula is C24H17BrFNO4. The molecule has 31 heavy (non-hydrogen) atoms. The highest BCUT2D eigenvalue weighted by atomic mass is 79.9. The first kappa shape index (κ1) is 22.1. The van der Waals surface area contributed by atoms with Crippen LogP contribution in [-0.4, -0.2) is 18.2 Å². The van der Waals surface area contributed by atoms with Gasteiger partial charge in [0.05, 0.1) is 28.8 Å². The van der Waals surface area contributed by atoms with Crippen LogP contribution in [0.5, 0.6) is 11.5 Å². The molecule has 0 saturated carbocycles. The summed E-state index contributed by atoms with van der Waals surface area (Å²) in [6, 6.07) is 17.9. The van der Waals surface area contributed by atoms with Gasteiger partial charge in [-0.25, -0.2) is 9.18 Å². The van der Waals surface area contributed by atoms with Gasteiger partial charge in [0.15, 0.2) is 11.5 Å². The molecule has 0 fully saturated rings. The van der Waals surface area contributed by atoms with Crippen LogP contribution >= 0.6 is 15.9 Å². The van der Waals surface area contributed by atoms with Crippen LogP contribution in [0.4, 0.5) is 4.39 Å². The molecule has 0 heterocycles. The van der Waals surface area contributed by atoms with Crippen LogP contribution in [0.1, 0.15) is 27.0 Å². The molecule has 0 aliphatic rings. The number of nitrogens with zero attached hydrogens (tertiary/aromatic N) is 1. The highest BCUT2D eigenvalue weighted by Crippen LogP contribution is 2.38. The van der Waals surface area contributed by atoms with Gasteiger partial charge in [0.1, 0.15) is 12.4 Å². The number of aromatic carboxylic acids is 1. The number of carbonyl (C=O) groups is 1. The quantitative estimate of drug-likeness (QED) is 0.333. The Morgan fingerprint density at radius 1 is 1.19 bits per heavy atom. The average Bonchev–Trinajstić information content (AvgIpc) is 2.77. The van der Waals surface area contributed by atoms with Crippen LogP contribution in [0.2, 0.25) is 0 Å². The van der Waals surface area contributed by atoms with Crippen LogP contribution in [-0.2, 0) is 6.61 Å². The van der Waals surface area contributed by atoms with Gasteiger partial charge in [0.25, 0.3) is 0 Å². The van der Waals surface area contributed by atoms with E-state index < -0.39 is 11.8 Å². The Morgan fingerprint density at radius 2 is 1.97 bits per heavy atom. The third kappa shape index (κ3) is 5.30. The Balaban J connectivity index is 1.90. The molecule has 0 atom stereocenters. The van der Waals surface area contributed by atoms with E-state index in [1.807, 2.05) is 6.07 Å². The van der Waals surface area contributed by atoms with Crippen molar-refractivity contribution in [3.8, 4) is 17.6 Å². The SMILES string of the molecule is COc1cc(/C=C(/C#N)c2ccccc2F)cc(Br)c1OCc1cccc(C(=O)O)c1. The molecule has 156 valence electrons. The molecule has 0 spiro atoms. The van der Waals surface area contributed by atoms with Crippen molar-refractivity contribution in [2.45, 2.75) is 6.61 Å². The van der Waals surface area contributed by atoms with E-state index in [4.69, 9.17) is 14.6 Å². The highest BCUT2D eigenvalue weighted by molar-refractivity contribution is 9.10. The lowest BCUT2D eigenvalue weighted by molar-refractivity contribution is 0.0696. The zero-order valence-electron chi connectivity index (χ0n) is 16.4. The first-order valence-electron chi connectivity index (χ1n) is 9.12. The van der Waals surface area contributed by atoms with Crippen molar-refractivity contribution in [1.82, 2.24) is 0 Å². The minimum absolute atomic E-state index is 0.129. The zero-order chi connectivity index (χ0) is 22.4. The topological polar surface area (TPSA) is 79.5 Å². The number of methoxy groups -OCH3 is 1. The number of nitriles is 1. The number of rotatable bonds is 7. The largest absolute Gasteiger partial charge is 0.493 e. The minimum Gasteiger partial charge on any atom is -0.493 e. The van der Waals surface area contributed by atoms with Gasteiger partial charge in [-0.2, -0.15) is 5.26 Å².